The van der Waals surface area contributed by atoms with E-state index in [0.717, 1.165) is 17.5 Å². The first kappa shape index (κ1) is 31.0. The number of ether oxygens (including phenoxy) is 3. The van der Waals surface area contributed by atoms with Crippen LogP contribution in [-0.2, 0) is 46.8 Å². The molecule has 10 rings (SSSR count). The van der Waals surface area contributed by atoms with Crippen molar-refractivity contribution in [2.45, 2.75) is 93.1 Å². The molecule has 10 nitrogen and oxygen atoms in total. The van der Waals surface area contributed by atoms with Crippen LogP contribution in [0.4, 0.5) is 0 Å². The Hall–Kier alpha value is -4.06. The molecule has 7 unspecified atom stereocenters. The van der Waals surface area contributed by atoms with E-state index in [-0.39, 0.29) is 40.4 Å². The van der Waals surface area contributed by atoms with E-state index in [9.17, 15) is 27.4 Å². The van der Waals surface area contributed by atoms with Crippen LogP contribution in [-0.4, -0.2) is 66.1 Å². The number of esters is 2. The summed E-state index contributed by atoms with van der Waals surface area (Å²) in [7, 11) is -4.71. The highest BCUT2D eigenvalue weighted by atomic mass is 32.2. The molecular weight excluding hydrogens is 646 g/mol. The molecule has 3 aliphatic heterocycles. The average Bonchev–Trinajstić information content (AvgIpc) is 3.71. The summed E-state index contributed by atoms with van der Waals surface area (Å²) >= 11 is 0. The number of carbonyl (C=O) groups is 3. The zero-order chi connectivity index (χ0) is 33.9. The maximum atomic E-state index is 14.3. The van der Waals surface area contributed by atoms with Crippen LogP contribution >= 0.6 is 0 Å². The van der Waals surface area contributed by atoms with Gasteiger partial charge in [-0.2, -0.15) is 0 Å². The predicted octanol–water partition coefficient (Wildman–Crippen LogP) is 4.22. The monoisotopic (exact) mass is 682 g/mol. The molecule has 1 amide bonds. The predicted molar refractivity (Wildman–Crippen MR) is 173 cm³/mol. The maximum absolute atomic E-state index is 14.3. The molecule has 4 aliphatic carbocycles. The van der Waals surface area contributed by atoms with Crippen molar-refractivity contribution >= 4 is 28.0 Å². The minimum atomic E-state index is -4.71. The van der Waals surface area contributed by atoms with Gasteiger partial charge in [-0.1, -0.05) is 48.5 Å². The number of fused-ring (bicyclic) bond motifs is 3. The van der Waals surface area contributed by atoms with Crippen LogP contribution in [0.25, 0.3) is 0 Å². The van der Waals surface area contributed by atoms with Gasteiger partial charge < -0.3 is 23.7 Å². The van der Waals surface area contributed by atoms with Gasteiger partial charge in [0.2, 0.25) is 5.91 Å². The highest BCUT2D eigenvalue weighted by Crippen LogP contribution is 2.57. The summed E-state index contributed by atoms with van der Waals surface area (Å²) < 4.78 is 54.7. The molecular formula is C38H36NO9S-. The smallest absolute Gasteiger partial charge is 0.318 e. The van der Waals surface area contributed by atoms with Crippen LogP contribution in [0.2, 0.25) is 0 Å². The summed E-state index contributed by atoms with van der Waals surface area (Å²) in [5.41, 5.74) is 5.64. The summed E-state index contributed by atoms with van der Waals surface area (Å²) in [6, 6.07) is 18.3. The quantitative estimate of drug-likeness (QED) is 0.213. The summed E-state index contributed by atoms with van der Waals surface area (Å²) in [5.74, 6) is -3.48. The van der Waals surface area contributed by atoms with Crippen LogP contribution in [0.15, 0.2) is 65.6 Å². The fourth-order valence-corrected chi connectivity index (χ4v) is 10.8. The van der Waals surface area contributed by atoms with E-state index in [1.165, 1.54) is 23.3 Å². The molecule has 0 saturated carbocycles. The van der Waals surface area contributed by atoms with Crippen molar-refractivity contribution < 1.29 is 41.6 Å². The molecule has 7 atom stereocenters. The maximum Gasteiger partial charge on any atom is 0.318 e. The number of likely N-dealkylation sites (tertiary alicyclic amines) is 1. The van der Waals surface area contributed by atoms with E-state index in [2.05, 4.69) is 24.3 Å². The number of amides is 1. The second-order valence-corrected chi connectivity index (χ2v) is 15.9. The zero-order valence-corrected chi connectivity index (χ0v) is 27.9. The van der Waals surface area contributed by atoms with Crippen molar-refractivity contribution in [2.75, 3.05) is 0 Å². The summed E-state index contributed by atoms with van der Waals surface area (Å²) in [5, 5.41) is 0. The third kappa shape index (κ3) is 4.44. The molecule has 0 radical (unpaired) electrons. The molecule has 49 heavy (non-hydrogen) atoms. The third-order valence-corrected chi connectivity index (χ3v) is 12.8. The van der Waals surface area contributed by atoms with Crippen LogP contribution in [0, 0.1) is 17.8 Å². The van der Waals surface area contributed by atoms with Gasteiger partial charge in [-0.15, -0.1) is 0 Å². The van der Waals surface area contributed by atoms with E-state index in [4.69, 9.17) is 14.2 Å². The molecule has 0 N–H and O–H groups in total. The van der Waals surface area contributed by atoms with Gasteiger partial charge in [-0.3, -0.25) is 14.4 Å². The van der Waals surface area contributed by atoms with E-state index in [1.54, 1.807) is 4.90 Å². The Balaban J connectivity index is 1.03. The Morgan fingerprint density at radius 3 is 2.14 bits per heavy atom. The molecule has 0 aromatic heterocycles. The molecule has 3 fully saturated rings. The topological polar surface area (TPSA) is 139 Å². The molecule has 3 aromatic carbocycles. The van der Waals surface area contributed by atoms with Gasteiger partial charge in [0.1, 0.15) is 27.9 Å². The highest BCUT2D eigenvalue weighted by molar-refractivity contribution is 7.85. The molecule has 3 aromatic rings. The van der Waals surface area contributed by atoms with Crippen molar-refractivity contribution in [2.24, 2.45) is 17.8 Å². The molecule has 11 heteroatoms. The van der Waals surface area contributed by atoms with Gasteiger partial charge in [-0.25, -0.2) is 8.42 Å². The highest BCUT2D eigenvalue weighted by Gasteiger charge is 2.73. The molecule has 7 aliphatic rings. The number of hydrogen-bond donors (Lipinski definition) is 0. The van der Waals surface area contributed by atoms with E-state index in [0.29, 0.717) is 36.8 Å². The number of hydrogen-bond acceptors (Lipinski definition) is 9. The first-order valence-electron chi connectivity index (χ1n) is 17.2. The molecule has 3 saturated heterocycles. The van der Waals surface area contributed by atoms with Crippen LogP contribution in [0.5, 0.6) is 5.75 Å². The summed E-state index contributed by atoms with van der Waals surface area (Å²) in [6.07, 6.45) is 0.510. The minimum absolute atomic E-state index is 0.0625. The van der Waals surface area contributed by atoms with Gasteiger partial charge >= 0.3 is 11.9 Å². The molecule has 0 spiro atoms. The van der Waals surface area contributed by atoms with Crippen molar-refractivity contribution in [1.82, 2.24) is 4.90 Å². The lowest BCUT2D eigenvalue weighted by Gasteiger charge is -2.45. The minimum Gasteiger partial charge on any atom is -0.744 e. The third-order valence-electron chi connectivity index (χ3n) is 11.9. The number of carbonyl (C=O) groups excluding carboxylic acids is 3. The van der Waals surface area contributed by atoms with Crippen LogP contribution in [0.3, 0.4) is 0 Å². The van der Waals surface area contributed by atoms with Gasteiger partial charge in [0.05, 0.1) is 28.9 Å². The fourth-order valence-electron chi connectivity index (χ4n) is 10.1. The molecule has 4 bridgehead atoms. The fraction of sp³-hybridized carbons (Fsp3) is 0.447. The average molecular weight is 683 g/mol. The lowest BCUT2D eigenvalue weighted by molar-refractivity contribution is -0.164. The Morgan fingerprint density at radius 1 is 0.878 bits per heavy atom. The van der Waals surface area contributed by atoms with Crippen LogP contribution < -0.4 is 4.74 Å². The number of rotatable bonds is 6. The first-order chi connectivity index (χ1) is 23.5. The lowest BCUT2D eigenvalue weighted by atomic mass is 9.59. The van der Waals surface area contributed by atoms with Gasteiger partial charge in [-0.05, 0) is 91.5 Å². The van der Waals surface area contributed by atoms with Crippen molar-refractivity contribution in [3.05, 3.63) is 94.0 Å². The van der Waals surface area contributed by atoms with Crippen molar-refractivity contribution in [3.8, 4) is 5.75 Å². The van der Waals surface area contributed by atoms with Crippen molar-refractivity contribution in [3.63, 3.8) is 0 Å². The SMILES string of the molecule is CC(C)N1C(=O)C2C3OC(C(OC(=O)C4CC5c6ccccc6C4c4ccccc45)C31)C2C(=O)Oc1ccc(S(=O)(=O)[O-])c2c1CCCC2. The van der Waals surface area contributed by atoms with E-state index in [1.807, 2.05) is 38.1 Å². The second kappa shape index (κ2) is 11.0. The Labute approximate surface area is 284 Å². The van der Waals surface area contributed by atoms with Gasteiger partial charge in [0, 0.05) is 17.9 Å². The number of nitrogens with zero attached hydrogens (tertiary/aromatic N) is 1. The largest absolute Gasteiger partial charge is 0.744 e. The standard InChI is InChI=1S/C38H37NO9S/c1-18(2)39-32-33-30(36(39)40)31(38(42)46-27-15-16-28(49(43,44)45)22-12-6-5-11-21(22)27)34(47-33)35(32)48-37(41)26-17-25-19-9-3-7-13-23(19)29(26)24-14-8-4-10-20(24)25/h3-4,7-10,13-16,18,25-26,29-35H,5-6,11-12,17H2,1-2H3,(H,43,44,45)/p-1. The van der Waals surface area contributed by atoms with E-state index >= 15 is 0 Å². The zero-order valence-electron chi connectivity index (χ0n) is 27.1. The van der Waals surface area contributed by atoms with Crippen molar-refractivity contribution in [1.29, 1.82) is 0 Å². The van der Waals surface area contributed by atoms with E-state index < -0.39 is 58.2 Å². The summed E-state index contributed by atoms with van der Waals surface area (Å²) in [6.45, 7) is 3.79. The van der Waals surface area contributed by atoms with Gasteiger partial charge in [0.15, 0.2) is 6.10 Å². The molecule has 3 heterocycles. The molecule has 254 valence electrons. The summed E-state index contributed by atoms with van der Waals surface area (Å²) in [4.78, 5) is 43.8. The Morgan fingerprint density at radius 2 is 1.51 bits per heavy atom. The first-order valence-corrected chi connectivity index (χ1v) is 18.6. The Kier molecular flexibility index (Phi) is 6.93. The number of benzene rings is 3. The second-order valence-electron chi connectivity index (χ2n) is 14.6. The Bertz CT molecular complexity index is 1990. The van der Waals surface area contributed by atoms with Crippen LogP contribution in [0.1, 0.15) is 78.3 Å². The normalized spacial score (nSPS) is 31.8. The lowest BCUT2D eigenvalue weighted by Crippen LogP contribution is -2.52. The van der Waals surface area contributed by atoms with Gasteiger partial charge in [0.25, 0.3) is 0 Å².